The van der Waals surface area contributed by atoms with Gasteiger partial charge in [0, 0.05) is 0 Å². The Hall–Kier alpha value is -1.08. The molecule has 0 unspecified atom stereocenters. The molecule has 0 bridgehead atoms. The SMILES string of the molecule is F[B-](F)(F)F.c1ccc2c(c1)Sc1ccccc1[S+]2C1CCCCC1. The van der Waals surface area contributed by atoms with Gasteiger partial charge in [-0.1, -0.05) is 42.4 Å². The van der Waals surface area contributed by atoms with E-state index in [0.717, 1.165) is 5.25 Å². The molecule has 25 heavy (non-hydrogen) atoms. The van der Waals surface area contributed by atoms with Gasteiger partial charge in [-0.05, 0) is 49.9 Å². The van der Waals surface area contributed by atoms with Crippen LogP contribution in [-0.2, 0) is 10.9 Å². The first-order chi connectivity index (χ1) is 11.9. The maximum absolute atomic E-state index is 9.75. The molecule has 0 N–H and O–H groups in total. The Morgan fingerprint density at radius 1 is 0.760 bits per heavy atom. The lowest BCUT2D eigenvalue weighted by Crippen LogP contribution is -2.27. The standard InChI is InChI=1S/C18H19S2.BF4/c1-2-8-14(9-3-1)20-17-12-6-4-10-15(17)19-16-11-5-7-13-18(16)20;2-1(3,4)5/h4-7,10-14H,1-3,8-9H2;/q+1;-1. The van der Waals surface area contributed by atoms with E-state index in [1.54, 1.807) is 9.79 Å². The third kappa shape index (κ3) is 4.97. The molecule has 0 saturated heterocycles. The Bertz CT molecular complexity index is 663. The topological polar surface area (TPSA) is 0 Å². The van der Waals surface area contributed by atoms with Crippen LogP contribution < -0.4 is 0 Å². The van der Waals surface area contributed by atoms with Crippen LogP contribution in [0.25, 0.3) is 0 Å². The summed E-state index contributed by atoms with van der Waals surface area (Å²) in [6, 6.07) is 18.2. The van der Waals surface area contributed by atoms with Crippen LogP contribution in [0.5, 0.6) is 0 Å². The number of fused-ring (bicyclic) bond motifs is 2. The molecule has 1 saturated carbocycles. The molecule has 1 aliphatic carbocycles. The molecule has 0 spiro atoms. The van der Waals surface area contributed by atoms with Gasteiger partial charge in [-0.15, -0.1) is 0 Å². The molecular formula is C18H19BF4S2. The highest BCUT2D eigenvalue weighted by atomic mass is 32.2. The first-order valence-electron chi connectivity index (χ1n) is 8.40. The largest absolute Gasteiger partial charge is 0.673 e. The van der Waals surface area contributed by atoms with Gasteiger partial charge in [-0.2, -0.15) is 0 Å². The normalized spacial score (nSPS) is 17.9. The average Bonchev–Trinajstić information content (AvgIpc) is 2.59. The minimum atomic E-state index is -6.00. The maximum Gasteiger partial charge on any atom is 0.673 e. The predicted molar refractivity (Wildman–Crippen MR) is 98.0 cm³/mol. The second-order valence-corrected chi connectivity index (χ2v) is 9.39. The summed E-state index contributed by atoms with van der Waals surface area (Å²) in [7, 11) is -5.70. The zero-order chi connectivity index (χ0) is 17.9. The Kier molecular flexibility index (Phi) is 6.05. The number of rotatable bonds is 1. The quantitative estimate of drug-likeness (QED) is 0.294. The molecule has 1 heterocycles. The lowest BCUT2D eigenvalue weighted by Gasteiger charge is -2.27. The van der Waals surface area contributed by atoms with Crippen LogP contribution >= 0.6 is 11.8 Å². The summed E-state index contributed by atoms with van der Waals surface area (Å²) < 4.78 is 39.0. The fourth-order valence-corrected chi connectivity index (χ4v) is 7.77. The van der Waals surface area contributed by atoms with Crippen molar-refractivity contribution in [2.24, 2.45) is 0 Å². The second kappa shape index (κ2) is 8.08. The Balaban J connectivity index is 0.000000324. The fourth-order valence-electron chi connectivity index (χ4n) is 3.33. The zero-order valence-electron chi connectivity index (χ0n) is 13.6. The van der Waals surface area contributed by atoms with Crippen molar-refractivity contribution in [3.05, 3.63) is 48.5 Å². The Morgan fingerprint density at radius 2 is 1.20 bits per heavy atom. The van der Waals surface area contributed by atoms with Crippen molar-refractivity contribution in [3.63, 3.8) is 0 Å². The van der Waals surface area contributed by atoms with Gasteiger partial charge in [0.15, 0.2) is 9.79 Å². The van der Waals surface area contributed by atoms with Crippen molar-refractivity contribution >= 4 is 29.9 Å². The van der Waals surface area contributed by atoms with Crippen LogP contribution in [0.1, 0.15) is 32.1 Å². The van der Waals surface area contributed by atoms with E-state index in [4.69, 9.17) is 0 Å². The summed E-state index contributed by atoms with van der Waals surface area (Å²) in [5.41, 5.74) is 0. The minimum Gasteiger partial charge on any atom is -0.418 e. The molecule has 7 heteroatoms. The smallest absolute Gasteiger partial charge is 0.418 e. The monoisotopic (exact) mass is 386 g/mol. The van der Waals surface area contributed by atoms with Crippen LogP contribution in [0.2, 0.25) is 0 Å². The van der Waals surface area contributed by atoms with Gasteiger partial charge < -0.3 is 17.3 Å². The average molecular weight is 386 g/mol. The van der Waals surface area contributed by atoms with Crippen LogP contribution in [-0.4, -0.2) is 12.5 Å². The first-order valence-corrected chi connectivity index (χ1v) is 10.5. The zero-order valence-corrected chi connectivity index (χ0v) is 15.3. The molecular weight excluding hydrogens is 367 g/mol. The Morgan fingerprint density at radius 3 is 1.68 bits per heavy atom. The summed E-state index contributed by atoms with van der Waals surface area (Å²) in [5.74, 6) is 0. The Labute approximate surface area is 152 Å². The van der Waals surface area contributed by atoms with Crippen molar-refractivity contribution in [1.82, 2.24) is 0 Å². The van der Waals surface area contributed by atoms with Crippen LogP contribution in [0.3, 0.4) is 0 Å². The highest BCUT2D eigenvalue weighted by molar-refractivity contribution is 8.04. The highest BCUT2D eigenvalue weighted by Crippen LogP contribution is 2.48. The molecule has 0 nitrogen and oxygen atoms in total. The second-order valence-electron chi connectivity index (χ2n) is 6.09. The molecule has 4 rings (SSSR count). The van der Waals surface area contributed by atoms with E-state index in [1.807, 2.05) is 11.8 Å². The van der Waals surface area contributed by atoms with Crippen molar-refractivity contribution in [2.45, 2.75) is 56.9 Å². The van der Waals surface area contributed by atoms with E-state index >= 15 is 0 Å². The summed E-state index contributed by atoms with van der Waals surface area (Å²) in [4.78, 5) is 6.17. The van der Waals surface area contributed by atoms with Crippen LogP contribution in [0.15, 0.2) is 68.1 Å². The van der Waals surface area contributed by atoms with Crippen LogP contribution in [0, 0.1) is 0 Å². The van der Waals surface area contributed by atoms with Gasteiger partial charge in [0.05, 0.1) is 20.7 Å². The molecule has 2 aromatic carbocycles. The van der Waals surface area contributed by atoms with Crippen molar-refractivity contribution in [2.75, 3.05) is 0 Å². The van der Waals surface area contributed by atoms with Gasteiger partial charge in [-0.25, -0.2) is 0 Å². The summed E-state index contributed by atoms with van der Waals surface area (Å²) in [6.07, 6.45) is 7.11. The lowest BCUT2D eigenvalue weighted by molar-refractivity contribution is 0.368. The van der Waals surface area contributed by atoms with E-state index < -0.39 is 7.25 Å². The van der Waals surface area contributed by atoms with E-state index in [1.165, 1.54) is 41.9 Å². The predicted octanol–water partition coefficient (Wildman–Crippen LogP) is 6.82. The summed E-state index contributed by atoms with van der Waals surface area (Å²) in [5, 5.41) is 0.868. The van der Waals surface area contributed by atoms with Gasteiger partial charge in [0.25, 0.3) is 0 Å². The van der Waals surface area contributed by atoms with Crippen molar-refractivity contribution < 1.29 is 17.3 Å². The molecule has 0 aromatic heterocycles. The maximum atomic E-state index is 9.75. The highest BCUT2D eigenvalue weighted by Gasteiger charge is 2.42. The minimum absolute atomic E-state index is 0.298. The lowest BCUT2D eigenvalue weighted by atomic mass is 10.0. The summed E-state index contributed by atoms with van der Waals surface area (Å²) >= 11 is 1.96. The molecule has 134 valence electrons. The van der Waals surface area contributed by atoms with Gasteiger partial charge in [0.2, 0.25) is 0 Å². The third-order valence-corrected chi connectivity index (χ3v) is 8.49. The van der Waals surface area contributed by atoms with Gasteiger partial charge in [-0.3, -0.25) is 0 Å². The van der Waals surface area contributed by atoms with Crippen LogP contribution in [0.4, 0.5) is 17.3 Å². The molecule has 2 aromatic rings. The molecule has 0 atom stereocenters. The number of halogens is 4. The van der Waals surface area contributed by atoms with E-state index in [2.05, 4.69) is 48.5 Å². The van der Waals surface area contributed by atoms with Gasteiger partial charge in [0.1, 0.15) is 5.25 Å². The fraction of sp³-hybridized carbons (Fsp3) is 0.333. The van der Waals surface area contributed by atoms with Crippen molar-refractivity contribution in [1.29, 1.82) is 0 Å². The summed E-state index contributed by atoms with van der Waals surface area (Å²) in [6.45, 7) is 0. The molecule has 0 amide bonds. The van der Waals surface area contributed by atoms with E-state index in [9.17, 15) is 17.3 Å². The third-order valence-electron chi connectivity index (χ3n) is 4.28. The molecule has 1 fully saturated rings. The van der Waals surface area contributed by atoms with E-state index in [-0.39, 0.29) is 0 Å². The number of hydrogen-bond donors (Lipinski definition) is 0. The number of hydrogen-bond acceptors (Lipinski definition) is 1. The molecule has 2 aliphatic rings. The van der Waals surface area contributed by atoms with Crippen molar-refractivity contribution in [3.8, 4) is 0 Å². The van der Waals surface area contributed by atoms with Gasteiger partial charge >= 0.3 is 7.25 Å². The molecule has 1 aliphatic heterocycles. The van der Waals surface area contributed by atoms with E-state index in [0.29, 0.717) is 10.9 Å². The molecule has 0 radical (unpaired) electrons. The number of benzene rings is 2. The first kappa shape index (κ1) is 18.7.